The Morgan fingerprint density at radius 2 is 1.29 bits per heavy atom. The quantitative estimate of drug-likeness (QED) is 0.148. The Bertz CT molecular complexity index is 1640. The molecule has 0 unspecified atom stereocenters. The lowest BCUT2D eigenvalue weighted by Gasteiger charge is -2.35. The molecule has 1 aliphatic rings. The number of aromatic hydroxyl groups is 9. The molecule has 4 aromatic rings. The van der Waals surface area contributed by atoms with Crippen LogP contribution in [0.1, 0.15) is 39.8 Å². The van der Waals surface area contributed by atoms with Gasteiger partial charge in [0.25, 0.3) is 0 Å². The first-order valence-corrected chi connectivity index (χ1v) is 12.7. The molecule has 0 amide bonds. The maximum Gasteiger partial charge on any atom is 0.157 e. The second-order valence-electron chi connectivity index (χ2n) is 10.2. The number of aliphatic hydroxyl groups is 2. The zero-order chi connectivity index (χ0) is 30.5. The van der Waals surface area contributed by atoms with Crippen LogP contribution in [0.3, 0.4) is 0 Å². The van der Waals surface area contributed by atoms with Crippen molar-refractivity contribution in [3.8, 4) is 57.5 Å². The van der Waals surface area contributed by atoms with Crippen LogP contribution in [-0.4, -0.2) is 68.4 Å². The SMILES string of the molecule is Oc1cc(O)c(C[C@H](O)[C@@H](c2ccc(O)c(O)c2)c2c(O)cc(O)c3c2O[C@@H](c2ccc(O)c(O)c2)[C@@H](O)C3)c(O)c1. The number of fused-ring (bicyclic) bond motifs is 1. The van der Waals surface area contributed by atoms with Gasteiger partial charge in [-0.2, -0.15) is 0 Å². The maximum atomic E-state index is 11.6. The number of benzene rings is 4. The van der Waals surface area contributed by atoms with Crippen LogP contribution in [0.4, 0.5) is 0 Å². The Morgan fingerprint density at radius 1 is 0.667 bits per heavy atom. The van der Waals surface area contributed by atoms with Gasteiger partial charge in [0.2, 0.25) is 0 Å². The molecule has 220 valence electrons. The first-order chi connectivity index (χ1) is 19.8. The van der Waals surface area contributed by atoms with E-state index in [1.807, 2.05) is 0 Å². The molecule has 0 saturated heterocycles. The van der Waals surface area contributed by atoms with E-state index in [9.17, 15) is 56.2 Å². The molecule has 0 spiro atoms. The van der Waals surface area contributed by atoms with Crippen molar-refractivity contribution in [2.45, 2.75) is 37.1 Å². The zero-order valence-electron chi connectivity index (χ0n) is 21.7. The van der Waals surface area contributed by atoms with Crippen molar-refractivity contribution in [2.75, 3.05) is 0 Å². The van der Waals surface area contributed by atoms with E-state index in [-0.39, 0.29) is 40.0 Å². The van der Waals surface area contributed by atoms with Crippen molar-refractivity contribution in [1.82, 2.24) is 0 Å². The number of ether oxygens (including phenoxy) is 1. The van der Waals surface area contributed by atoms with Gasteiger partial charge in [0, 0.05) is 53.6 Å². The van der Waals surface area contributed by atoms with E-state index in [4.69, 9.17) is 4.74 Å². The lowest BCUT2D eigenvalue weighted by molar-refractivity contribution is 0.0181. The third-order valence-electron chi connectivity index (χ3n) is 7.37. The molecule has 12 nitrogen and oxygen atoms in total. The van der Waals surface area contributed by atoms with Crippen molar-refractivity contribution in [3.63, 3.8) is 0 Å². The summed E-state index contributed by atoms with van der Waals surface area (Å²) in [5.41, 5.74) is 0.222. The fourth-order valence-electron chi connectivity index (χ4n) is 5.33. The highest BCUT2D eigenvalue weighted by Gasteiger charge is 2.39. The molecule has 4 atom stereocenters. The fraction of sp³-hybridized carbons (Fsp3) is 0.200. The molecule has 0 saturated carbocycles. The molecule has 4 aromatic carbocycles. The Labute approximate surface area is 238 Å². The average molecular weight is 581 g/mol. The fourth-order valence-corrected chi connectivity index (χ4v) is 5.33. The smallest absolute Gasteiger partial charge is 0.157 e. The van der Waals surface area contributed by atoms with Gasteiger partial charge in [-0.3, -0.25) is 0 Å². The topological polar surface area (TPSA) is 232 Å². The average Bonchev–Trinajstić information content (AvgIpc) is 2.91. The number of hydrogen-bond donors (Lipinski definition) is 11. The summed E-state index contributed by atoms with van der Waals surface area (Å²) in [4.78, 5) is 0. The number of aliphatic hydroxyl groups excluding tert-OH is 2. The van der Waals surface area contributed by atoms with Gasteiger partial charge in [-0.25, -0.2) is 0 Å². The lowest BCUT2D eigenvalue weighted by atomic mass is 9.80. The number of hydrogen-bond acceptors (Lipinski definition) is 12. The second-order valence-corrected chi connectivity index (χ2v) is 10.2. The van der Waals surface area contributed by atoms with Crippen LogP contribution in [0.5, 0.6) is 57.5 Å². The van der Waals surface area contributed by atoms with Crippen LogP contribution in [0.25, 0.3) is 0 Å². The molecule has 11 N–H and O–H groups in total. The monoisotopic (exact) mass is 580 g/mol. The largest absolute Gasteiger partial charge is 0.508 e. The minimum Gasteiger partial charge on any atom is -0.508 e. The molecule has 0 aromatic heterocycles. The molecule has 1 aliphatic heterocycles. The Morgan fingerprint density at radius 3 is 1.90 bits per heavy atom. The van der Waals surface area contributed by atoms with E-state index < -0.39 is 82.4 Å². The van der Waals surface area contributed by atoms with Gasteiger partial charge in [0.15, 0.2) is 23.0 Å². The van der Waals surface area contributed by atoms with E-state index in [0.29, 0.717) is 0 Å². The van der Waals surface area contributed by atoms with Crippen molar-refractivity contribution >= 4 is 0 Å². The minimum atomic E-state index is -1.58. The highest BCUT2D eigenvalue weighted by molar-refractivity contribution is 5.62. The summed E-state index contributed by atoms with van der Waals surface area (Å²) in [6.45, 7) is 0. The number of rotatable bonds is 6. The maximum absolute atomic E-state index is 11.6. The zero-order valence-corrected chi connectivity index (χ0v) is 21.7. The van der Waals surface area contributed by atoms with Crippen molar-refractivity contribution in [2.24, 2.45) is 0 Å². The normalized spacial score (nSPS) is 17.7. The molecule has 5 rings (SSSR count). The summed E-state index contributed by atoms with van der Waals surface area (Å²) >= 11 is 0. The van der Waals surface area contributed by atoms with Crippen molar-refractivity contribution < 1.29 is 60.9 Å². The molecule has 0 fully saturated rings. The first-order valence-electron chi connectivity index (χ1n) is 12.7. The van der Waals surface area contributed by atoms with Gasteiger partial charge in [-0.1, -0.05) is 12.1 Å². The summed E-state index contributed by atoms with van der Waals surface area (Å²) in [6.07, 6.45) is -4.64. The summed E-state index contributed by atoms with van der Waals surface area (Å²) in [5.74, 6) is -5.79. The van der Waals surface area contributed by atoms with E-state index in [2.05, 4.69) is 0 Å². The Hall–Kier alpha value is -5.20. The van der Waals surface area contributed by atoms with Crippen LogP contribution in [0.2, 0.25) is 0 Å². The van der Waals surface area contributed by atoms with Gasteiger partial charge >= 0.3 is 0 Å². The second kappa shape index (κ2) is 10.7. The summed E-state index contributed by atoms with van der Waals surface area (Å²) in [7, 11) is 0. The van der Waals surface area contributed by atoms with E-state index >= 15 is 0 Å². The van der Waals surface area contributed by atoms with Crippen LogP contribution in [-0.2, 0) is 12.8 Å². The lowest BCUT2D eigenvalue weighted by Crippen LogP contribution is -2.32. The molecule has 0 bridgehead atoms. The first kappa shape index (κ1) is 28.3. The minimum absolute atomic E-state index is 0.0741. The van der Waals surface area contributed by atoms with Crippen molar-refractivity contribution in [1.29, 1.82) is 0 Å². The predicted octanol–water partition coefficient (Wildman–Crippen LogP) is 2.81. The Balaban J connectivity index is 1.68. The summed E-state index contributed by atoms with van der Waals surface area (Å²) in [6, 6.07) is 10.3. The molecule has 42 heavy (non-hydrogen) atoms. The van der Waals surface area contributed by atoms with Crippen LogP contribution >= 0.6 is 0 Å². The third-order valence-corrected chi connectivity index (χ3v) is 7.37. The molecule has 0 radical (unpaired) electrons. The summed E-state index contributed by atoms with van der Waals surface area (Å²) < 4.78 is 6.12. The standard InChI is InChI=1S/C30H28O12/c31-14-7-19(34)15(20(35)8-14)9-24(39)27(12-1-3-17(32)22(37)5-12)28-25(40)11-21(36)16-10-26(41)29(42-30(16)28)13-2-4-18(33)23(38)6-13/h1-8,11,24,26-27,29,31-41H,9-10H2/t24-,26-,27+,29-/m0/s1. The van der Waals surface area contributed by atoms with Crippen LogP contribution < -0.4 is 4.74 Å². The number of phenolic OH excluding ortho intramolecular Hbond substituents is 9. The van der Waals surface area contributed by atoms with E-state index in [0.717, 1.165) is 30.3 Å². The van der Waals surface area contributed by atoms with Crippen LogP contribution in [0, 0.1) is 0 Å². The highest BCUT2D eigenvalue weighted by atomic mass is 16.5. The summed E-state index contributed by atoms with van der Waals surface area (Å²) in [5, 5.41) is 115. The molecular formula is C30H28O12. The molecule has 1 heterocycles. The van der Waals surface area contributed by atoms with Gasteiger partial charge in [0.1, 0.15) is 40.6 Å². The van der Waals surface area contributed by atoms with Crippen LogP contribution in [0.15, 0.2) is 54.6 Å². The highest BCUT2D eigenvalue weighted by Crippen LogP contribution is 2.51. The predicted molar refractivity (Wildman–Crippen MR) is 145 cm³/mol. The van der Waals surface area contributed by atoms with E-state index in [1.165, 1.54) is 24.3 Å². The Kier molecular flexibility index (Phi) is 7.19. The number of phenols is 9. The molecular weight excluding hydrogens is 552 g/mol. The van der Waals surface area contributed by atoms with Crippen molar-refractivity contribution in [3.05, 3.63) is 82.4 Å². The van der Waals surface area contributed by atoms with Gasteiger partial charge in [-0.05, 0) is 35.4 Å². The third kappa shape index (κ3) is 5.04. The van der Waals surface area contributed by atoms with Gasteiger partial charge in [-0.15, -0.1) is 0 Å². The molecule has 12 heteroatoms. The van der Waals surface area contributed by atoms with Gasteiger partial charge < -0.3 is 60.9 Å². The van der Waals surface area contributed by atoms with E-state index in [1.54, 1.807) is 0 Å². The van der Waals surface area contributed by atoms with Gasteiger partial charge in [0.05, 0.1) is 12.2 Å². The molecule has 0 aliphatic carbocycles.